The Kier molecular flexibility index (Phi) is 5.53. The zero-order chi connectivity index (χ0) is 23.3. The van der Waals surface area contributed by atoms with Gasteiger partial charge in [0.05, 0.1) is 4.90 Å². The predicted molar refractivity (Wildman–Crippen MR) is 127 cm³/mol. The molecule has 1 fully saturated rings. The van der Waals surface area contributed by atoms with E-state index in [0.29, 0.717) is 38.9 Å². The number of piperidine rings is 1. The molecule has 1 saturated heterocycles. The van der Waals surface area contributed by atoms with Gasteiger partial charge in [0.25, 0.3) is 0 Å². The molecule has 1 atom stereocenters. The van der Waals surface area contributed by atoms with Crippen molar-refractivity contribution in [3.05, 3.63) is 53.6 Å². The molecule has 33 heavy (non-hydrogen) atoms. The zero-order valence-corrected chi connectivity index (χ0v) is 19.8. The van der Waals surface area contributed by atoms with Gasteiger partial charge in [0, 0.05) is 49.9 Å². The van der Waals surface area contributed by atoms with Gasteiger partial charge in [-0.25, -0.2) is 8.42 Å². The first kappa shape index (κ1) is 22.1. The van der Waals surface area contributed by atoms with Gasteiger partial charge in [-0.2, -0.15) is 4.31 Å². The topological polar surface area (TPSA) is 78.0 Å². The second kappa shape index (κ2) is 8.25. The van der Waals surface area contributed by atoms with Crippen LogP contribution >= 0.6 is 0 Å². The van der Waals surface area contributed by atoms with Crippen molar-refractivity contribution in [1.29, 1.82) is 0 Å². The van der Waals surface area contributed by atoms with Gasteiger partial charge in [0.15, 0.2) is 0 Å². The highest BCUT2D eigenvalue weighted by Gasteiger charge is 2.37. The lowest BCUT2D eigenvalue weighted by Gasteiger charge is -2.32. The first-order chi connectivity index (χ1) is 15.8. The number of hydrogen-bond acceptors (Lipinski definition) is 4. The Morgan fingerprint density at radius 1 is 0.939 bits per heavy atom. The SMILES string of the molecule is CC(=O)N1c2ccc(S(=O)(=O)N3CCC(C(=O)N4CCc5ccccc54)CC3)cc2C[C@H]1C. The van der Waals surface area contributed by atoms with E-state index in [2.05, 4.69) is 6.07 Å². The van der Waals surface area contributed by atoms with Crippen LogP contribution in [0.15, 0.2) is 47.4 Å². The minimum Gasteiger partial charge on any atom is -0.312 e. The molecule has 3 heterocycles. The smallest absolute Gasteiger partial charge is 0.243 e. The largest absolute Gasteiger partial charge is 0.312 e. The molecule has 0 unspecified atom stereocenters. The van der Waals surface area contributed by atoms with E-state index in [1.54, 1.807) is 23.1 Å². The van der Waals surface area contributed by atoms with Crippen molar-refractivity contribution in [2.75, 3.05) is 29.4 Å². The average Bonchev–Trinajstić information content (AvgIpc) is 3.38. The third-order valence-corrected chi connectivity index (χ3v) is 9.09. The van der Waals surface area contributed by atoms with Gasteiger partial charge in [-0.1, -0.05) is 18.2 Å². The van der Waals surface area contributed by atoms with E-state index in [9.17, 15) is 18.0 Å². The summed E-state index contributed by atoms with van der Waals surface area (Å²) in [6, 6.07) is 13.1. The van der Waals surface area contributed by atoms with Crippen LogP contribution < -0.4 is 9.80 Å². The molecule has 174 valence electrons. The van der Waals surface area contributed by atoms with Crippen LogP contribution in [0.5, 0.6) is 0 Å². The Morgan fingerprint density at radius 3 is 2.39 bits per heavy atom. The van der Waals surface area contributed by atoms with E-state index in [1.165, 1.54) is 16.8 Å². The number of nitrogens with zero attached hydrogens (tertiary/aromatic N) is 3. The summed E-state index contributed by atoms with van der Waals surface area (Å²) in [5.74, 6) is -0.0929. The van der Waals surface area contributed by atoms with Gasteiger partial charge in [-0.15, -0.1) is 0 Å². The monoisotopic (exact) mass is 467 g/mol. The maximum absolute atomic E-state index is 13.3. The van der Waals surface area contributed by atoms with Crippen LogP contribution in [0.3, 0.4) is 0 Å². The summed E-state index contributed by atoms with van der Waals surface area (Å²) in [6.07, 6.45) is 2.56. The lowest BCUT2D eigenvalue weighted by molar-refractivity contribution is -0.123. The average molecular weight is 468 g/mol. The fourth-order valence-corrected chi connectivity index (χ4v) is 7.05. The molecule has 8 heteroatoms. The molecule has 5 rings (SSSR count). The molecule has 0 radical (unpaired) electrons. The molecule has 3 aliphatic heterocycles. The Bertz CT molecular complexity index is 1220. The Balaban J connectivity index is 1.28. The summed E-state index contributed by atoms with van der Waals surface area (Å²) in [7, 11) is -3.65. The maximum Gasteiger partial charge on any atom is 0.243 e. The minimum atomic E-state index is -3.65. The third kappa shape index (κ3) is 3.75. The number of benzene rings is 2. The molecule has 3 aliphatic rings. The number of fused-ring (bicyclic) bond motifs is 2. The van der Waals surface area contributed by atoms with Crippen LogP contribution in [0.25, 0.3) is 0 Å². The number of rotatable bonds is 3. The van der Waals surface area contributed by atoms with E-state index in [-0.39, 0.29) is 28.7 Å². The lowest BCUT2D eigenvalue weighted by atomic mass is 9.96. The van der Waals surface area contributed by atoms with Gasteiger partial charge in [0.2, 0.25) is 21.8 Å². The summed E-state index contributed by atoms with van der Waals surface area (Å²) in [6.45, 7) is 4.86. The Hall–Kier alpha value is -2.71. The first-order valence-corrected chi connectivity index (χ1v) is 13.0. The Labute approximate surface area is 195 Å². The number of sulfonamides is 1. The molecular weight excluding hydrogens is 438 g/mol. The molecule has 0 aliphatic carbocycles. The zero-order valence-electron chi connectivity index (χ0n) is 19.0. The van der Waals surface area contributed by atoms with Crippen molar-refractivity contribution in [3.8, 4) is 0 Å². The van der Waals surface area contributed by atoms with E-state index in [0.717, 1.165) is 23.4 Å². The van der Waals surface area contributed by atoms with Crippen LogP contribution in [0.1, 0.15) is 37.8 Å². The Morgan fingerprint density at radius 2 is 1.67 bits per heavy atom. The van der Waals surface area contributed by atoms with E-state index in [1.807, 2.05) is 30.0 Å². The molecule has 0 saturated carbocycles. The van der Waals surface area contributed by atoms with Crippen LogP contribution in [-0.4, -0.2) is 50.2 Å². The highest BCUT2D eigenvalue weighted by atomic mass is 32.2. The molecule has 7 nitrogen and oxygen atoms in total. The number of amides is 2. The molecule has 0 N–H and O–H groups in total. The van der Waals surface area contributed by atoms with Crippen molar-refractivity contribution in [1.82, 2.24) is 4.31 Å². The van der Waals surface area contributed by atoms with Gasteiger partial charge in [-0.3, -0.25) is 9.59 Å². The number of hydrogen-bond donors (Lipinski definition) is 0. The highest BCUT2D eigenvalue weighted by Crippen LogP contribution is 2.36. The van der Waals surface area contributed by atoms with Crippen molar-refractivity contribution in [2.24, 2.45) is 5.92 Å². The van der Waals surface area contributed by atoms with Crippen LogP contribution in [0, 0.1) is 5.92 Å². The van der Waals surface area contributed by atoms with Gasteiger partial charge < -0.3 is 9.80 Å². The van der Waals surface area contributed by atoms with Gasteiger partial charge in [-0.05, 0) is 68.0 Å². The molecule has 2 amide bonds. The predicted octanol–water partition coefficient (Wildman–Crippen LogP) is 2.97. The van der Waals surface area contributed by atoms with Crippen molar-refractivity contribution in [2.45, 2.75) is 50.5 Å². The third-order valence-electron chi connectivity index (χ3n) is 7.20. The van der Waals surface area contributed by atoms with Crippen molar-refractivity contribution >= 4 is 33.2 Å². The minimum absolute atomic E-state index is 0.0212. The van der Waals surface area contributed by atoms with Crippen LogP contribution in [-0.2, 0) is 32.5 Å². The molecule has 0 aromatic heterocycles. The number of carbonyl (C=O) groups excluding carboxylic acids is 2. The molecule has 0 bridgehead atoms. The standard InChI is InChI=1S/C25H29N3O4S/c1-17-15-21-16-22(7-8-24(21)28(17)18(2)29)33(31,32)26-12-9-20(10-13-26)25(30)27-14-11-19-5-3-4-6-23(19)27/h3-8,16-17,20H,9-15H2,1-2H3/t17-/m1/s1. The summed E-state index contributed by atoms with van der Waals surface area (Å²) in [4.78, 5) is 29.0. The molecule has 2 aromatic carbocycles. The highest BCUT2D eigenvalue weighted by molar-refractivity contribution is 7.89. The number of para-hydroxylation sites is 1. The second-order valence-electron chi connectivity index (χ2n) is 9.28. The number of anilines is 2. The first-order valence-electron chi connectivity index (χ1n) is 11.6. The van der Waals surface area contributed by atoms with Crippen molar-refractivity contribution in [3.63, 3.8) is 0 Å². The van der Waals surface area contributed by atoms with Crippen molar-refractivity contribution < 1.29 is 18.0 Å². The normalized spacial score (nSPS) is 21.2. The second-order valence-corrected chi connectivity index (χ2v) is 11.2. The molecule has 2 aromatic rings. The maximum atomic E-state index is 13.3. The van der Waals surface area contributed by atoms with Gasteiger partial charge in [0.1, 0.15) is 0 Å². The van der Waals surface area contributed by atoms with Crippen LogP contribution in [0.2, 0.25) is 0 Å². The summed E-state index contributed by atoms with van der Waals surface area (Å²) < 4.78 is 28.2. The fraction of sp³-hybridized carbons (Fsp3) is 0.440. The quantitative estimate of drug-likeness (QED) is 0.695. The fourth-order valence-electron chi connectivity index (χ4n) is 5.53. The van der Waals surface area contributed by atoms with E-state index >= 15 is 0 Å². The van der Waals surface area contributed by atoms with Crippen LogP contribution in [0.4, 0.5) is 11.4 Å². The van der Waals surface area contributed by atoms with E-state index < -0.39 is 10.0 Å². The summed E-state index contributed by atoms with van der Waals surface area (Å²) >= 11 is 0. The molecule has 0 spiro atoms. The number of carbonyl (C=O) groups is 2. The molecular formula is C25H29N3O4S. The van der Waals surface area contributed by atoms with Gasteiger partial charge >= 0.3 is 0 Å². The summed E-state index contributed by atoms with van der Waals surface area (Å²) in [5, 5.41) is 0. The lowest BCUT2D eigenvalue weighted by Crippen LogP contribution is -2.44. The van der Waals surface area contributed by atoms with E-state index in [4.69, 9.17) is 0 Å². The summed E-state index contributed by atoms with van der Waals surface area (Å²) in [5.41, 5.74) is 3.87.